The highest BCUT2D eigenvalue weighted by atomic mass is 16.6. The van der Waals surface area contributed by atoms with Gasteiger partial charge in [0.2, 0.25) is 0 Å². The summed E-state index contributed by atoms with van der Waals surface area (Å²) in [6.45, 7) is 2.10. The molecule has 1 aliphatic carbocycles. The average Bonchev–Trinajstić information content (AvgIpc) is 2.76. The first kappa shape index (κ1) is 14.2. The maximum absolute atomic E-state index is 11.6. The second-order valence-electron chi connectivity index (χ2n) is 4.70. The molecule has 5 heteroatoms. The van der Waals surface area contributed by atoms with Crippen LogP contribution in [-0.4, -0.2) is 30.4 Å². The highest BCUT2D eigenvalue weighted by Gasteiger charge is 2.25. The van der Waals surface area contributed by atoms with Crippen molar-refractivity contribution in [1.29, 1.82) is 0 Å². The van der Waals surface area contributed by atoms with E-state index in [4.69, 9.17) is 16.0 Å². The van der Waals surface area contributed by atoms with Gasteiger partial charge in [-0.15, -0.1) is 6.42 Å². The summed E-state index contributed by atoms with van der Waals surface area (Å²) >= 11 is 0. The summed E-state index contributed by atoms with van der Waals surface area (Å²) in [5, 5.41) is 4.12. The van der Waals surface area contributed by atoms with Crippen LogP contribution in [-0.2, 0) is 27.2 Å². The van der Waals surface area contributed by atoms with E-state index in [1.807, 2.05) is 6.92 Å². The molecule has 0 spiro atoms. The number of aryl methyl sites for hydroxylation is 2. The summed E-state index contributed by atoms with van der Waals surface area (Å²) in [6.07, 6.45) is 8.16. The Labute approximate surface area is 118 Å². The minimum absolute atomic E-state index is 0.147. The predicted octanol–water partition coefficient (Wildman–Crippen LogP) is 1.73. The number of aromatic amines is 1. The molecule has 0 aromatic carbocycles. The van der Waals surface area contributed by atoms with Crippen molar-refractivity contribution in [1.82, 2.24) is 4.98 Å². The number of nitrogens with zero attached hydrogens (tertiary/aromatic N) is 1. The van der Waals surface area contributed by atoms with Crippen LogP contribution in [0.15, 0.2) is 5.16 Å². The lowest BCUT2D eigenvalue weighted by Gasteiger charge is -2.15. The zero-order valence-electron chi connectivity index (χ0n) is 11.8. The summed E-state index contributed by atoms with van der Waals surface area (Å²) < 4.78 is 4.75. The number of rotatable bonds is 4. The zero-order chi connectivity index (χ0) is 14.5. The van der Waals surface area contributed by atoms with Gasteiger partial charge in [0, 0.05) is 17.0 Å². The molecule has 1 aromatic heterocycles. The third-order valence-corrected chi connectivity index (χ3v) is 3.39. The van der Waals surface area contributed by atoms with E-state index in [-0.39, 0.29) is 19.0 Å². The van der Waals surface area contributed by atoms with Gasteiger partial charge in [-0.05, 0) is 31.7 Å². The first-order chi connectivity index (χ1) is 9.67. The van der Waals surface area contributed by atoms with E-state index in [0.717, 1.165) is 47.5 Å². The lowest BCUT2D eigenvalue weighted by atomic mass is 9.91. The van der Waals surface area contributed by atoms with Gasteiger partial charge in [-0.25, -0.2) is 0 Å². The number of hydrogen-bond donors (Lipinski definition) is 1. The van der Waals surface area contributed by atoms with Gasteiger partial charge < -0.3 is 14.6 Å². The molecule has 0 bridgehead atoms. The van der Waals surface area contributed by atoms with Crippen LogP contribution in [0.25, 0.3) is 0 Å². The number of nitrogens with one attached hydrogen (secondary N) is 1. The van der Waals surface area contributed by atoms with Crippen LogP contribution in [0.5, 0.6) is 0 Å². The molecule has 5 nitrogen and oxygen atoms in total. The SMILES string of the molecule is C#CCO/N=C1\CCCc2[nH]c(C)c(CC(=O)OC)c21. The number of esters is 1. The van der Waals surface area contributed by atoms with Gasteiger partial charge in [0.15, 0.2) is 6.61 Å². The molecule has 0 aliphatic heterocycles. The number of carbonyl (C=O) groups is 1. The molecule has 0 saturated carbocycles. The summed E-state index contributed by atoms with van der Waals surface area (Å²) in [6, 6.07) is 0. The fourth-order valence-corrected chi connectivity index (χ4v) is 2.50. The van der Waals surface area contributed by atoms with Crippen molar-refractivity contribution in [2.24, 2.45) is 5.16 Å². The van der Waals surface area contributed by atoms with Crippen molar-refractivity contribution in [3.63, 3.8) is 0 Å². The highest BCUT2D eigenvalue weighted by molar-refractivity contribution is 6.04. The number of fused-ring (bicyclic) bond motifs is 1. The molecule has 20 heavy (non-hydrogen) atoms. The third kappa shape index (κ3) is 2.85. The Kier molecular flexibility index (Phi) is 4.46. The van der Waals surface area contributed by atoms with Crippen molar-refractivity contribution in [3.8, 4) is 12.3 Å². The van der Waals surface area contributed by atoms with Gasteiger partial charge in [0.1, 0.15) is 0 Å². The zero-order valence-corrected chi connectivity index (χ0v) is 11.8. The number of hydrogen-bond acceptors (Lipinski definition) is 4. The molecular weight excluding hydrogens is 256 g/mol. The van der Waals surface area contributed by atoms with E-state index in [2.05, 4.69) is 16.1 Å². The minimum Gasteiger partial charge on any atom is -0.469 e. The van der Waals surface area contributed by atoms with Gasteiger partial charge in [-0.1, -0.05) is 11.1 Å². The molecule has 1 aliphatic rings. The normalized spacial score (nSPS) is 15.6. The predicted molar refractivity (Wildman–Crippen MR) is 75.5 cm³/mol. The number of ether oxygens (including phenoxy) is 1. The molecule has 2 rings (SSSR count). The van der Waals surface area contributed by atoms with Crippen LogP contribution in [0.1, 0.15) is 35.4 Å². The fraction of sp³-hybridized carbons (Fsp3) is 0.467. The summed E-state index contributed by atoms with van der Waals surface area (Å²) in [4.78, 5) is 20.0. The van der Waals surface area contributed by atoms with Crippen LogP contribution in [0, 0.1) is 19.3 Å². The first-order valence-electron chi connectivity index (χ1n) is 6.57. The molecule has 0 fully saturated rings. The molecule has 0 saturated heterocycles. The number of carbonyl (C=O) groups excluding carboxylic acids is 1. The Morgan fingerprint density at radius 2 is 2.30 bits per heavy atom. The van der Waals surface area contributed by atoms with E-state index in [1.54, 1.807) is 0 Å². The fourth-order valence-electron chi connectivity index (χ4n) is 2.50. The van der Waals surface area contributed by atoms with Gasteiger partial charge >= 0.3 is 5.97 Å². The lowest BCUT2D eigenvalue weighted by molar-refractivity contribution is -0.139. The molecule has 0 amide bonds. The number of terminal acetylenes is 1. The smallest absolute Gasteiger partial charge is 0.310 e. The van der Waals surface area contributed by atoms with Crippen LogP contribution >= 0.6 is 0 Å². The number of methoxy groups -OCH3 is 1. The van der Waals surface area contributed by atoms with Crippen molar-refractivity contribution >= 4 is 11.7 Å². The maximum atomic E-state index is 11.6. The Balaban J connectivity index is 2.35. The molecule has 1 heterocycles. The molecule has 0 unspecified atom stereocenters. The quantitative estimate of drug-likeness (QED) is 0.393. The van der Waals surface area contributed by atoms with Gasteiger partial charge in [-0.2, -0.15) is 0 Å². The lowest BCUT2D eigenvalue weighted by Crippen LogP contribution is -2.15. The van der Waals surface area contributed by atoms with Crippen LogP contribution in [0.2, 0.25) is 0 Å². The van der Waals surface area contributed by atoms with Crippen molar-refractivity contribution in [3.05, 3.63) is 22.5 Å². The highest BCUT2D eigenvalue weighted by Crippen LogP contribution is 2.28. The van der Waals surface area contributed by atoms with Gasteiger partial charge in [-0.3, -0.25) is 4.79 Å². The third-order valence-electron chi connectivity index (χ3n) is 3.39. The Bertz CT molecular complexity index is 579. The summed E-state index contributed by atoms with van der Waals surface area (Å²) in [5.74, 6) is 2.12. The van der Waals surface area contributed by atoms with E-state index < -0.39 is 0 Å². The average molecular weight is 274 g/mol. The molecule has 0 radical (unpaired) electrons. The number of H-pyrrole nitrogens is 1. The molecule has 0 atom stereocenters. The van der Waals surface area contributed by atoms with Crippen molar-refractivity contribution < 1.29 is 14.4 Å². The van der Waals surface area contributed by atoms with E-state index in [0.29, 0.717) is 0 Å². The van der Waals surface area contributed by atoms with E-state index >= 15 is 0 Å². The standard InChI is InChI=1S/C15H18N2O3/c1-4-8-20-17-13-7-5-6-12-15(13)11(10(2)16-12)9-14(18)19-3/h1,16H,5-9H2,2-3H3/b17-13+. The molecule has 1 N–H and O–H groups in total. The molecule has 106 valence electrons. The first-order valence-corrected chi connectivity index (χ1v) is 6.57. The topological polar surface area (TPSA) is 63.7 Å². The van der Waals surface area contributed by atoms with Gasteiger partial charge in [0.25, 0.3) is 0 Å². The summed E-state index contributed by atoms with van der Waals surface area (Å²) in [5.41, 5.74) is 4.87. The van der Waals surface area contributed by atoms with E-state index in [9.17, 15) is 4.79 Å². The second-order valence-corrected chi connectivity index (χ2v) is 4.70. The molecular formula is C15H18N2O3. The van der Waals surface area contributed by atoms with Crippen LogP contribution in [0.4, 0.5) is 0 Å². The monoisotopic (exact) mass is 274 g/mol. The summed E-state index contributed by atoms with van der Waals surface area (Å²) in [7, 11) is 1.39. The van der Waals surface area contributed by atoms with Crippen LogP contribution < -0.4 is 0 Å². The molecule has 1 aromatic rings. The van der Waals surface area contributed by atoms with Gasteiger partial charge in [0.05, 0.1) is 19.2 Å². The maximum Gasteiger partial charge on any atom is 0.310 e. The Morgan fingerprint density at radius 3 is 3.00 bits per heavy atom. The van der Waals surface area contributed by atoms with Crippen molar-refractivity contribution in [2.45, 2.75) is 32.6 Å². The minimum atomic E-state index is -0.260. The Morgan fingerprint density at radius 1 is 1.50 bits per heavy atom. The largest absolute Gasteiger partial charge is 0.469 e. The number of oxime groups is 1. The van der Waals surface area contributed by atoms with Crippen molar-refractivity contribution in [2.75, 3.05) is 13.7 Å². The van der Waals surface area contributed by atoms with E-state index in [1.165, 1.54) is 7.11 Å². The number of aromatic nitrogens is 1. The van der Waals surface area contributed by atoms with Crippen LogP contribution in [0.3, 0.4) is 0 Å². The Hall–Kier alpha value is -2.22. The second kappa shape index (κ2) is 6.29.